The van der Waals surface area contributed by atoms with Gasteiger partial charge in [-0.25, -0.2) is 0 Å². The zero-order valence-corrected chi connectivity index (χ0v) is 13.0. The van der Waals surface area contributed by atoms with E-state index in [4.69, 9.17) is 4.74 Å². The topological polar surface area (TPSA) is 46.6 Å². The van der Waals surface area contributed by atoms with E-state index in [1.165, 1.54) is 38.5 Å². The van der Waals surface area contributed by atoms with E-state index in [1.807, 2.05) is 4.90 Å². The molecule has 0 aromatic heterocycles. The highest BCUT2D eigenvalue weighted by Gasteiger charge is 2.34. The number of rotatable bonds is 10. The zero-order valence-electron chi connectivity index (χ0n) is 13.0. The molecule has 0 radical (unpaired) electrons. The number of likely N-dealkylation sites (tertiary alicyclic amines) is 1. The van der Waals surface area contributed by atoms with Crippen molar-refractivity contribution in [1.29, 1.82) is 0 Å². The molecule has 1 amide bonds. The molecule has 4 nitrogen and oxygen atoms in total. The van der Waals surface area contributed by atoms with E-state index >= 15 is 0 Å². The van der Waals surface area contributed by atoms with Gasteiger partial charge in [0.05, 0.1) is 12.5 Å². The SMILES string of the molecule is CCCCCCCCCN1CC(C(=O)OCC)CC1=O. The lowest BCUT2D eigenvalue weighted by molar-refractivity contribution is -0.147. The van der Waals surface area contributed by atoms with Crippen molar-refractivity contribution in [2.75, 3.05) is 19.7 Å². The number of ether oxygens (including phenoxy) is 1. The number of unbranched alkanes of at least 4 members (excludes halogenated alkanes) is 6. The first kappa shape index (κ1) is 17.0. The number of amides is 1. The van der Waals surface area contributed by atoms with Crippen LogP contribution in [0.3, 0.4) is 0 Å². The van der Waals surface area contributed by atoms with Crippen molar-refractivity contribution in [2.45, 2.75) is 65.2 Å². The maximum atomic E-state index is 11.8. The summed E-state index contributed by atoms with van der Waals surface area (Å²) in [6, 6.07) is 0. The molecule has 1 aliphatic rings. The molecule has 0 N–H and O–H groups in total. The lowest BCUT2D eigenvalue weighted by Crippen LogP contribution is -2.27. The summed E-state index contributed by atoms with van der Waals surface area (Å²) in [7, 11) is 0. The average Bonchev–Trinajstić information content (AvgIpc) is 2.80. The van der Waals surface area contributed by atoms with E-state index in [2.05, 4.69) is 6.92 Å². The molecular weight excluding hydrogens is 254 g/mol. The van der Waals surface area contributed by atoms with Crippen LogP contribution in [-0.2, 0) is 14.3 Å². The van der Waals surface area contributed by atoms with Gasteiger partial charge in [-0.2, -0.15) is 0 Å². The van der Waals surface area contributed by atoms with Crippen LogP contribution in [0.2, 0.25) is 0 Å². The standard InChI is InChI=1S/C16H29NO3/c1-3-5-6-7-8-9-10-11-17-13-14(12-15(17)18)16(19)20-4-2/h14H,3-13H2,1-2H3. The van der Waals surface area contributed by atoms with E-state index in [1.54, 1.807) is 6.92 Å². The van der Waals surface area contributed by atoms with Gasteiger partial charge in [0, 0.05) is 19.5 Å². The van der Waals surface area contributed by atoms with Gasteiger partial charge in [0.1, 0.15) is 0 Å². The summed E-state index contributed by atoms with van der Waals surface area (Å²) in [5.41, 5.74) is 0. The van der Waals surface area contributed by atoms with Gasteiger partial charge in [-0.1, -0.05) is 45.4 Å². The fraction of sp³-hybridized carbons (Fsp3) is 0.875. The van der Waals surface area contributed by atoms with Crippen LogP contribution < -0.4 is 0 Å². The molecule has 1 saturated heterocycles. The first-order chi connectivity index (χ1) is 9.69. The smallest absolute Gasteiger partial charge is 0.311 e. The maximum Gasteiger partial charge on any atom is 0.311 e. The molecule has 0 saturated carbocycles. The molecule has 1 rings (SSSR count). The van der Waals surface area contributed by atoms with Crippen LogP contribution in [0.5, 0.6) is 0 Å². The Morgan fingerprint density at radius 1 is 1.15 bits per heavy atom. The van der Waals surface area contributed by atoms with Crippen LogP contribution in [0, 0.1) is 5.92 Å². The quantitative estimate of drug-likeness (QED) is 0.457. The van der Waals surface area contributed by atoms with Gasteiger partial charge in [-0.05, 0) is 13.3 Å². The molecule has 0 aliphatic carbocycles. The molecule has 4 heteroatoms. The van der Waals surface area contributed by atoms with Gasteiger partial charge in [0.2, 0.25) is 5.91 Å². The normalized spacial score (nSPS) is 18.6. The summed E-state index contributed by atoms with van der Waals surface area (Å²) in [5, 5.41) is 0. The van der Waals surface area contributed by atoms with Crippen molar-refractivity contribution in [1.82, 2.24) is 4.90 Å². The Kier molecular flexibility index (Phi) is 8.31. The third-order valence-corrected chi connectivity index (χ3v) is 3.87. The molecule has 116 valence electrons. The van der Waals surface area contributed by atoms with Crippen LogP contribution >= 0.6 is 0 Å². The van der Waals surface area contributed by atoms with Gasteiger partial charge < -0.3 is 9.64 Å². The molecule has 0 aromatic carbocycles. The van der Waals surface area contributed by atoms with Crippen LogP contribution in [0.1, 0.15) is 65.2 Å². The van der Waals surface area contributed by atoms with Crippen molar-refractivity contribution >= 4 is 11.9 Å². The Hall–Kier alpha value is -1.06. The van der Waals surface area contributed by atoms with Crippen molar-refractivity contribution in [3.63, 3.8) is 0 Å². The summed E-state index contributed by atoms with van der Waals surface area (Å²) in [4.78, 5) is 25.3. The summed E-state index contributed by atoms with van der Waals surface area (Å²) in [5.74, 6) is -0.357. The van der Waals surface area contributed by atoms with Crippen molar-refractivity contribution in [2.24, 2.45) is 5.92 Å². The van der Waals surface area contributed by atoms with Gasteiger partial charge in [0.15, 0.2) is 0 Å². The highest BCUT2D eigenvalue weighted by molar-refractivity contribution is 5.86. The highest BCUT2D eigenvalue weighted by atomic mass is 16.5. The number of carbonyl (C=O) groups excluding carboxylic acids is 2. The molecule has 0 bridgehead atoms. The van der Waals surface area contributed by atoms with Crippen LogP contribution in [0.25, 0.3) is 0 Å². The Morgan fingerprint density at radius 2 is 1.80 bits per heavy atom. The summed E-state index contributed by atoms with van der Waals surface area (Å²) >= 11 is 0. The molecule has 1 heterocycles. The fourth-order valence-corrected chi connectivity index (χ4v) is 2.67. The predicted molar refractivity (Wildman–Crippen MR) is 79.3 cm³/mol. The van der Waals surface area contributed by atoms with E-state index in [9.17, 15) is 9.59 Å². The van der Waals surface area contributed by atoms with Crippen molar-refractivity contribution < 1.29 is 14.3 Å². The minimum atomic E-state index is -0.244. The molecule has 1 aliphatic heterocycles. The van der Waals surface area contributed by atoms with Gasteiger partial charge >= 0.3 is 5.97 Å². The third kappa shape index (κ3) is 5.93. The number of nitrogens with zero attached hydrogens (tertiary/aromatic N) is 1. The van der Waals surface area contributed by atoms with E-state index in [0.29, 0.717) is 19.6 Å². The van der Waals surface area contributed by atoms with Crippen LogP contribution in [0.4, 0.5) is 0 Å². The molecule has 1 unspecified atom stereocenters. The Bertz CT molecular complexity index is 304. The predicted octanol–water partition coefficient (Wildman–Crippen LogP) is 3.15. The van der Waals surface area contributed by atoms with Crippen LogP contribution in [0.15, 0.2) is 0 Å². The summed E-state index contributed by atoms with van der Waals surface area (Å²) in [6.07, 6.45) is 9.03. The molecular formula is C16H29NO3. The molecule has 0 aromatic rings. The Balaban J connectivity index is 2.12. The second-order valence-electron chi connectivity index (χ2n) is 5.61. The molecule has 0 spiro atoms. The number of hydrogen-bond acceptors (Lipinski definition) is 3. The second-order valence-corrected chi connectivity index (χ2v) is 5.61. The minimum absolute atomic E-state index is 0.106. The lowest BCUT2D eigenvalue weighted by Gasteiger charge is -2.16. The first-order valence-electron chi connectivity index (χ1n) is 8.13. The monoisotopic (exact) mass is 283 g/mol. The Morgan fingerprint density at radius 3 is 2.45 bits per heavy atom. The van der Waals surface area contributed by atoms with Crippen molar-refractivity contribution in [3.8, 4) is 0 Å². The lowest BCUT2D eigenvalue weighted by atomic mass is 10.1. The zero-order chi connectivity index (χ0) is 14.8. The van der Waals surface area contributed by atoms with Gasteiger partial charge in [0.25, 0.3) is 0 Å². The maximum absolute atomic E-state index is 11.8. The molecule has 1 atom stereocenters. The van der Waals surface area contributed by atoms with E-state index < -0.39 is 0 Å². The van der Waals surface area contributed by atoms with Crippen molar-refractivity contribution in [3.05, 3.63) is 0 Å². The summed E-state index contributed by atoms with van der Waals surface area (Å²) < 4.78 is 4.99. The Labute approximate surface area is 122 Å². The highest BCUT2D eigenvalue weighted by Crippen LogP contribution is 2.20. The summed E-state index contributed by atoms with van der Waals surface area (Å²) in [6.45, 7) is 5.75. The van der Waals surface area contributed by atoms with Gasteiger partial charge in [-0.15, -0.1) is 0 Å². The fourth-order valence-electron chi connectivity index (χ4n) is 2.67. The number of hydrogen-bond donors (Lipinski definition) is 0. The van der Waals surface area contributed by atoms with E-state index in [-0.39, 0.29) is 17.8 Å². The largest absolute Gasteiger partial charge is 0.466 e. The number of carbonyl (C=O) groups is 2. The molecule has 20 heavy (non-hydrogen) atoms. The first-order valence-corrected chi connectivity index (χ1v) is 8.13. The van der Waals surface area contributed by atoms with E-state index in [0.717, 1.165) is 13.0 Å². The minimum Gasteiger partial charge on any atom is -0.466 e. The third-order valence-electron chi connectivity index (χ3n) is 3.87. The number of esters is 1. The van der Waals surface area contributed by atoms with Gasteiger partial charge in [-0.3, -0.25) is 9.59 Å². The van der Waals surface area contributed by atoms with Crippen LogP contribution in [-0.4, -0.2) is 36.5 Å². The second kappa shape index (κ2) is 9.78. The molecule has 1 fully saturated rings. The average molecular weight is 283 g/mol.